The molecule has 2 atom stereocenters. The van der Waals surface area contributed by atoms with Crippen LogP contribution in [0.1, 0.15) is 26.7 Å². The molecule has 1 aliphatic carbocycles. The predicted octanol–water partition coefficient (Wildman–Crippen LogP) is 2.14. The number of aliphatic carboxylic acids is 1. The van der Waals surface area contributed by atoms with E-state index in [2.05, 4.69) is 0 Å². The average Bonchev–Trinajstić information content (AvgIpc) is 2.15. The number of carboxylic acids is 1. The van der Waals surface area contributed by atoms with Crippen LogP contribution >= 0.6 is 0 Å². The topological polar surface area (TPSA) is 46.5 Å². The minimum Gasteiger partial charge on any atom is -0.481 e. The molecule has 1 aliphatic heterocycles. The summed E-state index contributed by atoms with van der Waals surface area (Å²) in [6, 6.07) is 0. The van der Waals surface area contributed by atoms with Crippen molar-refractivity contribution in [1.82, 2.24) is 0 Å². The quantitative estimate of drug-likeness (QED) is 0.718. The summed E-state index contributed by atoms with van der Waals surface area (Å²) >= 11 is 0. The highest BCUT2D eigenvalue weighted by atomic mass is 16.5. The number of rotatable bonds is 1. The van der Waals surface area contributed by atoms with Crippen LogP contribution in [0.2, 0.25) is 0 Å². The summed E-state index contributed by atoms with van der Waals surface area (Å²) in [6.45, 7) is 4.03. The van der Waals surface area contributed by atoms with Gasteiger partial charge < -0.3 is 9.84 Å². The second kappa shape index (κ2) is 3.49. The van der Waals surface area contributed by atoms with Crippen LogP contribution in [0.15, 0.2) is 23.8 Å². The van der Waals surface area contributed by atoms with E-state index in [4.69, 9.17) is 9.84 Å². The highest BCUT2D eigenvalue weighted by Gasteiger charge is 2.39. The molecule has 3 nitrogen and oxygen atoms in total. The third-order valence-electron chi connectivity index (χ3n) is 3.07. The van der Waals surface area contributed by atoms with Gasteiger partial charge in [-0.3, -0.25) is 4.79 Å². The van der Waals surface area contributed by atoms with Crippen LogP contribution in [0.25, 0.3) is 0 Å². The fourth-order valence-electron chi connectivity index (χ4n) is 2.16. The molecule has 15 heavy (non-hydrogen) atoms. The first kappa shape index (κ1) is 10.4. The van der Waals surface area contributed by atoms with Crippen molar-refractivity contribution >= 4 is 5.97 Å². The molecule has 0 spiro atoms. The average molecular weight is 208 g/mol. The summed E-state index contributed by atoms with van der Waals surface area (Å²) in [5, 5.41) is 9.09. The molecule has 0 aromatic carbocycles. The third-order valence-corrected chi connectivity index (χ3v) is 3.07. The van der Waals surface area contributed by atoms with Crippen molar-refractivity contribution in [2.45, 2.75) is 38.4 Å². The van der Waals surface area contributed by atoms with Gasteiger partial charge in [-0.15, -0.1) is 0 Å². The highest BCUT2D eigenvalue weighted by Crippen LogP contribution is 2.37. The van der Waals surface area contributed by atoms with Crippen molar-refractivity contribution in [2.24, 2.45) is 5.92 Å². The molecule has 2 aliphatic rings. The molecule has 2 rings (SSSR count). The molecule has 2 unspecified atom stereocenters. The maximum atomic E-state index is 11.1. The van der Waals surface area contributed by atoms with Gasteiger partial charge >= 0.3 is 5.97 Å². The van der Waals surface area contributed by atoms with Crippen LogP contribution in [0, 0.1) is 5.92 Å². The van der Waals surface area contributed by atoms with Crippen LogP contribution in [-0.4, -0.2) is 22.8 Å². The second-order valence-electron chi connectivity index (χ2n) is 4.79. The Morgan fingerprint density at radius 1 is 1.60 bits per heavy atom. The minimum absolute atomic E-state index is 0.207. The van der Waals surface area contributed by atoms with Crippen LogP contribution in [0.3, 0.4) is 0 Å². The van der Waals surface area contributed by atoms with E-state index in [0.717, 1.165) is 18.4 Å². The molecule has 82 valence electrons. The lowest BCUT2D eigenvalue weighted by Gasteiger charge is -2.40. The Morgan fingerprint density at radius 3 is 3.00 bits per heavy atom. The first-order chi connectivity index (χ1) is 6.99. The third kappa shape index (κ3) is 1.97. The van der Waals surface area contributed by atoms with Gasteiger partial charge in [0, 0.05) is 0 Å². The smallest absolute Gasteiger partial charge is 0.313 e. The van der Waals surface area contributed by atoms with Crippen LogP contribution < -0.4 is 0 Å². The molecule has 1 heterocycles. The molecule has 0 aromatic heterocycles. The molecule has 0 aromatic rings. The largest absolute Gasteiger partial charge is 0.481 e. The summed E-state index contributed by atoms with van der Waals surface area (Å²) in [5.74, 6) is -1.33. The van der Waals surface area contributed by atoms with E-state index in [-0.39, 0.29) is 11.7 Å². The predicted molar refractivity (Wildman–Crippen MR) is 56.5 cm³/mol. The van der Waals surface area contributed by atoms with E-state index >= 15 is 0 Å². The fourth-order valence-corrected chi connectivity index (χ4v) is 2.16. The van der Waals surface area contributed by atoms with Gasteiger partial charge in [0.05, 0.1) is 11.7 Å². The van der Waals surface area contributed by atoms with Gasteiger partial charge in [-0.2, -0.15) is 0 Å². The Balaban J connectivity index is 2.24. The standard InChI is InChI=1S/C12H16O3/c1-12(2)7-6-8-4-3-5-9(11(13)14)10(8)15-12/h3-5,9-10H,6-7H2,1-2H3,(H,13,14). The second-order valence-corrected chi connectivity index (χ2v) is 4.79. The van der Waals surface area contributed by atoms with Gasteiger partial charge in [0.2, 0.25) is 0 Å². The Hall–Kier alpha value is -1.09. The monoisotopic (exact) mass is 208 g/mol. The van der Waals surface area contributed by atoms with Gasteiger partial charge in [0.25, 0.3) is 0 Å². The van der Waals surface area contributed by atoms with Gasteiger partial charge in [0.1, 0.15) is 5.92 Å². The zero-order chi connectivity index (χ0) is 11.1. The molecule has 0 saturated carbocycles. The van der Waals surface area contributed by atoms with Crippen molar-refractivity contribution in [3.8, 4) is 0 Å². The highest BCUT2D eigenvalue weighted by molar-refractivity contribution is 5.74. The number of fused-ring (bicyclic) bond motifs is 1. The van der Waals surface area contributed by atoms with Crippen molar-refractivity contribution < 1.29 is 14.6 Å². The molecule has 3 heteroatoms. The lowest BCUT2D eigenvalue weighted by Crippen LogP contribution is -2.43. The molecule has 1 saturated heterocycles. The van der Waals surface area contributed by atoms with Gasteiger partial charge in [0.15, 0.2) is 0 Å². The summed E-state index contributed by atoms with van der Waals surface area (Å²) < 4.78 is 5.85. The van der Waals surface area contributed by atoms with Gasteiger partial charge in [-0.25, -0.2) is 0 Å². The summed E-state index contributed by atoms with van der Waals surface area (Å²) in [5.41, 5.74) is 0.908. The molecule has 0 amide bonds. The first-order valence-corrected chi connectivity index (χ1v) is 5.27. The normalized spacial score (nSPS) is 33.1. The van der Waals surface area contributed by atoms with Crippen molar-refractivity contribution in [3.05, 3.63) is 23.8 Å². The molecule has 1 fully saturated rings. The Labute approximate surface area is 89.4 Å². The number of hydrogen-bond donors (Lipinski definition) is 1. The molecule has 0 bridgehead atoms. The Morgan fingerprint density at radius 2 is 2.33 bits per heavy atom. The van der Waals surface area contributed by atoms with Crippen molar-refractivity contribution in [1.29, 1.82) is 0 Å². The number of carbonyl (C=O) groups is 1. The maximum Gasteiger partial charge on any atom is 0.313 e. The van der Waals surface area contributed by atoms with Crippen LogP contribution in [0.5, 0.6) is 0 Å². The zero-order valence-electron chi connectivity index (χ0n) is 9.06. The Bertz CT molecular complexity index is 339. The molecule has 0 radical (unpaired) electrons. The SMILES string of the molecule is CC1(C)CCC2=CC=CC(C(=O)O)C2O1. The van der Waals surface area contributed by atoms with E-state index in [9.17, 15) is 4.79 Å². The van der Waals surface area contributed by atoms with Gasteiger partial charge in [-0.05, 0) is 32.3 Å². The fraction of sp³-hybridized carbons (Fsp3) is 0.583. The Kier molecular flexibility index (Phi) is 2.43. The summed E-state index contributed by atoms with van der Waals surface area (Å²) in [6.07, 6.45) is 7.14. The maximum absolute atomic E-state index is 11.1. The van der Waals surface area contributed by atoms with E-state index < -0.39 is 11.9 Å². The first-order valence-electron chi connectivity index (χ1n) is 5.27. The summed E-state index contributed by atoms with van der Waals surface area (Å²) in [7, 11) is 0. The molecular formula is C12H16O3. The van der Waals surface area contributed by atoms with E-state index in [1.165, 1.54) is 0 Å². The number of carboxylic acid groups (broad SMARTS) is 1. The lowest BCUT2D eigenvalue weighted by atomic mass is 9.82. The summed E-state index contributed by atoms with van der Waals surface area (Å²) in [4.78, 5) is 11.1. The number of allylic oxidation sites excluding steroid dienone is 2. The number of ether oxygens (including phenoxy) is 1. The van der Waals surface area contributed by atoms with Crippen LogP contribution in [-0.2, 0) is 9.53 Å². The minimum atomic E-state index is -0.806. The zero-order valence-corrected chi connectivity index (χ0v) is 9.06. The van der Waals surface area contributed by atoms with Crippen molar-refractivity contribution in [3.63, 3.8) is 0 Å². The van der Waals surface area contributed by atoms with E-state index in [1.54, 1.807) is 6.08 Å². The lowest BCUT2D eigenvalue weighted by molar-refractivity contribution is -0.151. The van der Waals surface area contributed by atoms with E-state index in [0.29, 0.717) is 0 Å². The molecular weight excluding hydrogens is 192 g/mol. The molecule has 1 N–H and O–H groups in total. The van der Waals surface area contributed by atoms with Crippen LogP contribution in [0.4, 0.5) is 0 Å². The van der Waals surface area contributed by atoms with E-state index in [1.807, 2.05) is 26.0 Å². The van der Waals surface area contributed by atoms with Gasteiger partial charge in [-0.1, -0.05) is 18.2 Å². The number of hydrogen-bond acceptors (Lipinski definition) is 2. The van der Waals surface area contributed by atoms with Crippen molar-refractivity contribution in [2.75, 3.05) is 0 Å².